The smallest absolute Gasteiger partial charge is 0.266 e. The van der Waals surface area contributed by atoms with Gasteiger partial charge in [0.05, 0.1) is 29.0 Å². The van der Waals surface area contributed by atoms with Gasteiger partial charge in [0.15, 0.2) is 5.16 Å². The number of hydrogen-bond donors (Lipinski definition) is 1. The van der Waals surface area contributed by atoms with Crippen LogP contribution in [0, 0.1) is 6.92 Å². The number of nitrogens with one attached hydrogen (secondary N) is 1. The van der Waals surface area contributed by atoms with Gasteiger partial charge in [-0.15, -0.1) is 0 Å². The Hall–Kier alpha value is -2.35. The van der Waals surface area contributed by atoms with Gasteiger partial charge >= 0.3 is 0 Å². The Morgan fingerprint density at radius 2 is 2.11 bits per heavy atom. The second kappa shape index (κ2) is 9.23. The molecule has 6 nitrogen and oxygen atoms in total. The second-order valence-corrected chi connectivity index (χ2v) is 7.55. The highest BCUT2D eigenvalue weighted by Crippen LogP contribution is 2.23. The van der Waals surface area contributed by atoms with Gasteiger partial charge in [-0.3, -0.25) is 14.2 Å². The van der Waals surface area contributed by atoms with Gasteiger partial charge in [-0.05, 0) is 42.8 Å². The normalized spacial score (nSPS) is 11.0. The van der Waals surface area contributed by atoms with E-state index < -0.39 is 0 Å². The van der Waals surface area contributed by atoms with Gasteiger partial charge < -0.3 is 10.1 Å². The average Bonchev–Trinajstić information content (AvgIpc) is 2.66. The summed E-state index contributed by atoms with van der Waals surface area (Å²) in [5, 5.41) is 4.17. The van der Waals surface area contributed by atoms with E-state index in [0.29, 0.717) is 39.9 Å². The quantitative estimate of drug-likeness (QED) is 0.363. The van der Waals surface area contributed by atoms with E-state index in [9.17, 15) is 9.59 Å². The number of aromatic nitrogens is 2. The maximum atomic E-state index is 13.2. The van der Waals surface area contributed by atoms with Gasteiger partial charge in [0, 0.05) is 18.7 Å². The molecule has 1 N–H and O–H groups in total. The first-order valence-corrected chi connectivity index (χ1v) is 10.0. The Balaban J connectivity index is 2.02. The SMILES string of the molecule is COCCNC(=O)CSc1nc2cc(Cl)ccc2c(=O)n1-c1cccc(C)c1. The minimum Gasteiger partial charge on any atom is -0.383 e. The molecule has 0 aliphatic rings. The van der Waals surface area contributed by atoms with Crippen LogP contribution in [0.3, 0.4) is 0 Å². The highest BCUT2D eigenvalue weighted by molar-refractivity contribution is 7.99. The summed E-state index contributed by atoms with van der Waals surface area (Å²) in [4.78, 5) is 29.9. The van der Waals surface area contributed by atoms with E-state index in [1.165, 1.54) is 16.3 Å². The summed E-state index contributed by atoms with van der Waals surface area (Å²) in [6.45, 7) is 2.83. The van der Waals surface area contributed by atoms with Crippen LogP contribution in [0.2, 0.25) is 5.02 Å². The minimum absolute atomic E-state index is 0.133. The van der Waals surface area contributed by atoms with Gasteiger partial charge in [-0.2, -0.15) is 0 Å². The van der Waals surface area contributed by atoms with Crippen molar-refractivity contribution in [3.63, 3.8) is 0 Å². The number of amides is 1. The van der Waals surface area contributed by atoms with Crippen LogP contribution in [0.15, 0.2) is 52.4 Å². The molecule has 2 aromatic carbocycles. The van der Waals surface area contributed by atoms with Gasteiger partial charge in [0.2, 0.25) is 5.91 Å². The van der Waals surface area contributed by atoms with E-state index in [0.717, 1.165) is 5.56 Å². The largest absolute Gasteiger partial charge is 0.383 e. The summed E-state index contributed by atoms with van der Waals surface area (Å²) in [7, 11) is 1.57. The first-order chi connectivity index (χ1) is 13.5. The Labute approximate surface area is 171 Å². The minimum atomic E-state index is -0.199. The molecule has 8 heteroatoms. The van der Waals surface area contributed by atoms with Crippen LogP contribution >= 0.6 is 23.4 Å². The van der Waals surface area contributed by atoms with Gasteiger partial charge in [0.1, 0.15) is 0 Å². The Kier molecular flexibility index (Phi) is 6.72. The number of thioether (sulfide) groups is 1. The first kappa shape index (κ1) is 20.4. The molecule has 1 heterocycles. The lowest BCUT2D eigenvalue weighted by atomic mass is 10.2. The zero-order valence-corrected chi connectivity index (χ0v) is 17.1. The number of carbonyl (C=O) groups is 1. The number of halogens is 1. The maximum Gasteiger partial charge on any atom is 0.266 e. The van der Waals surface area contributed by atoms with Crippen molar-refractivity contribution in [1.82, 2.24) is 14.9 Å². The predicted molar refractivity (Wildman–Crippen MR) is 113 cm³/mol. The zero-order valence-electron chi connectivity index (χ0n) is 15.6. The van der Waals surface area contributed by atoms with Crippen molar-refractivity contribution < 1.29 is 9.53 Å². The molecule has 0 saturated heterocycles. The second-order valence-electron chi connectivity index (χ2n) is 6.17. The third kappa shape index (κ3) is 4.73. The summed E-state index contributed by atoms with van der Waals surface area (Å²) in [5.74, 6) is -0.0214. The van der Waals surface area contributed by atoms with Crippen molar-refractivity contribution in [2.75, 3.05) is 26.0 Å². The number of rotatable bonds is 7. The number of methoxy groups -OCH3 is 1. The molecule has 1 amide bonds. The molecule has 0 spiro atoms. The fourth-order valence-electron chi connectivity index (χ4n) is 2.70. The van der Waals surface area contributed by atoms with Crippen molar-refractivity contribution >= 4 is 40.2 Å². The van der Waals surface area contributed by atoms with Gasteiger partial charge in [0.25, 0.3) is 5.56 Å². The number of fused-ring (bicyclic) bond motifs is 1. The maximum absolute atomic E-state index is 13.2. The first-order valence-electron chi connectivity index (χ1n) is 8.67. The third-order valence-corrected chi connectivity index (χ3v) is 5.19. The number of aryl methyl sites for hydroxylation is 1. The van der Waals surface area contributed by atoms with Crippen LogP contribution in [0.1, 0.15) is 5.56 Å². The third-order valence-electron chi connectivity index (χ3n) is 4.02. The van der Waals surface area contributed by atoms with Gasteiger partial charge in [-0.25, -0.2) is 4.98 Å². The lowest BCUT2D eigenvalue weighted by molar-refractivity contribution is -0.118. The summed E-state index contributed by atoms with van der Waals surface area (Å²) in [6, 6.07) is 12.6. The van der Waals surface area contributed by atoms with Crippen LogP contribution in [-0.2, 0) is 9.53 Å². The van der Waals surface area contributed by atoms with E-state index >= 15 is 0 Å². The van der Waals surface area contributed by atoms with Crippen molar-refractivity contribution in [2.45, 2.75) is 12.1 Å². The van der Waals surface area contributed by atoms with Crippen molar-refractivity contribution in [2.24, 2.45) is 0 Å². The molecule has 146 valence electrons. The standard InChI is InChI=1S/C20H20ClN3O3S/c1-13-4-3-5-15(10-13)24-19(26)16-7-6-14(21)11-17(16)23-20(24)28-12-18(25)22-8-9-27-2/h3-7,10-11H,8-9,12H2,1-2H3,(H,22,25). The fourth-order valence-corrected chi connectivity index (χ4v) is 3.71. The molecule has 0 atom stereocenters. The molecular formula is C20H20ClN3O3S. The summed E-state index contributed by atoms with van der Waals surface area (Å²) < 4.78 is 6.46. The number of benzene rings is 2. The highest BCUT2D eigenvalue weighted by Gasteiger charge is 2.15. The molecule has 28 heavy (non-hydrogen) atoms. The molecule has 0 aliphatic carbocycles. The zero-order chi connectivity index (χ0) is 20.1. The molecular weight excluding hydrogens is 398 g/mol. The van der Waals surface area contributed by atoms with E-state index in [1.54, 1.807) is 25.3 Å². The molecule has 1 aromatic heterocycles. The number of nitrogens with zero attached hydrogens (tertiary/aromatic N) is 2. The Bertz CT molecular complexity index is 1070. The predicted octanol–water partition coefficient (Wildman–Crippen LogP) is 3.20. The topological polar surface area (TPSA) is 73.2 Å². The van der Waals surface area contributed by atoms with E-state index in [1.807, 2.05) is 31.2 Å². The van der Waals surface area contributed by atoms with Crippen molar-refractivity contribution in [3.8, 4) is 5.69 Å². The highest BCUT2D eigenvalue weighted by atomic mass is 35.5. The van der Waals surface area contributed by atoms with Crippen LogP contribution in [0.25, 0.3) is 16.6 Å². The van der Waals surface area contributed by atoms with Crippen molar-refractivity contribution in [3.05, 3.63) is 63.4 Å². The van der Waals surface area contributed by atoms with Gasteiger partial charge in [-0.1, -0.05) is 35.5 Å². The van der Waals surface area contributed by atoms with Crippen molar-refractivity contribution in [1.29, 1.82) is 0 Å². The number of ether oxygens (including phenoxy) is 1. The van der Waals surface area contributed by atoms with Crippen LogP contribution < -0.4 is 10.9 Å². The van der Waals surface area contributed by atoms with E-state index in [2.05, 4.69) is 10.3 Å². The fraction of sp³-hybridized carbons (Fsp3) is 0.250. The van der Waals surface area contributed by atoms with Crippen LogP contribution in [0.5, 0.6) is 0 Å². The Morgan fingerprint density at radius 1 is 1.29 bits per heavy atom. The van der Waals surface area contributed by atoms with Crippen LogP contribution in [-0.4, -0.2) is 41.5 Å². The summed E-state index contributed by atoms with van der Waals surface area (Å²) >= 11 is 7.27. The summed E-state index contributed by atoms with van der Waals surface area (Å²) in [6.07, 6.45) is 0. The average molecular weight is 418 g/mol. The number of hydrogen-bond acceptors (Lipinski definition) is 5. The molecule has 0 radical (unpaired) electrons. The van der Waals surface area contributed by atoms with E-state index in [4.69, 9.17) is 16.3 Å². The summed E-state index contributed by atoms with van der Waals surface area (Å²) in [5.41, 5.74) is 2.03. The number of carbonyl (C=O) groups excluding carboxylic acids is 1. The Morgan fingerprint density at radius 3 is 2.86 bits per heavy atom. The molecule has 0 saturated carbocycles. The molecule has 0 aliphatic heterocycles. The monoisotopic (exact) mass is 417 g/mol. The van der Waals surface area contributed by atoms with Crippen LogP contribution in [0.4, 0.5) is 0 Å². The molecule has 3 rings (SSSR count). The van der Waals surface area contributed by atoms with E-state index in [-0.39, 0.29) is 17.2 Å². The molecule has 0 fully saturated rings. The lowest BCUT2D eigenvalue weighted by Gasteiger charge is -2.14. The molecule has 3 aromatic rings. The molecule has 0 unspecified atom stereocenters. The lowest BCUT2D eigenvalue weighted by Crippen LogP contribution is -2.29. The molecule has 0 bridgehead atoms.